The molecule has 0 aromatic heterocycles. The van der Waals surface area contributed by atoms with Crippen LogP contribution < -0.4 is 5.32 Å². The van der Waals surface area contributed by atoms with E-state index in [0.29, 0.717) is 29.7 Å². The summed E-state index contributed by atoms with van der Waals surface area (Å²) >= 11 is 0. The van der Waals surface area contributed by atoms with Gasteiger partial charge in [-0.05, 0) is 12.0 Å². The molecule has 108 valence electrons. The summed E-state index contributed by atoms with van der Waals surface area (Å²) in [6.45, 7) is -0.893. The van der Waals surface area contributed by atoms with Gasteiger partial charge in [0, 0.05) is 23.6 Å². The maximum atomic E-state index is 13.2. The molecule has 5 heteroatoms. The van der Waals surface area contributed by atoms with Crippen molar-refractivity contribution in [3.8, 4) is 0 Å². The molecule has 4 nitrogen and oxygen atoms in total. The van der Waals surface area contributed by atoms with Crippen LogP contribution in [0.15, 0.2) is 52.9 Å². The number of halogens is 1. The number of allylic oxidation sites excluding steroid dienone is 3. The quantitative estimate of drug-likeness (QED) is 0.895. The molecule has 0 spiro atoms. The lowest BCUT2D eigenvalue weighted by Gasteiger charge is -2.28. The second kappa shape index (κ2) is 5.16. The summed E-state index contributed by atoms with van der Waals surface area (Å²) in [6, 6.07) is 8.92. The summed E-state index contributed by atoms with van der Waals surface area (Å²) in [6.07, 6.45) is 0.849. The van der Waals surface area contributed by atoms with Crippen LogP contribution in [-0.4, -0.2) is 23.5 Å². The van der Waals surface area contributed by atoms with Crippen LogP contribution in [0, 0.1) is 0 Å². The van der Waals surface area contributed by atoms with E-state index in [1.807, 2.05) is 6.07 Å². The van der Waals surface area contributed by atoms with Crippen LogP contribution in [0.5, 0.6) is 0 Å². The Kier molecular flexibility index (Phi) is 3.33. The van der Waals surface area contributed by atoms with E-state index in [0.717, 1.165) is 0 Å². The number of hydrogen-bond acceptors (Lipinski definition) is 3. The van der Waals surface area contributed by atoms with Crippen molar-refractivity contribution in [2.24, 2.45) is 0 Å². The molecule has 0 saturated carbocycles. The zero-order valence-electron chi connectivity index (χ0n) is 11.2. The van der Waals surface area contributed by atoms with Crippen molar-refractivity contribution < 1.29 is 19.1 Å². The van der Waals surface area contributed by atoms with Crippen LogP contribution in [0.4, 0.5) is 4.39 Å². The molecule has 0 amide bonds. The molecule has 1 aliphatic heterocycles. The Bertz CT molecular complexity index is 676. The van der Waals surface area contributed by atoms with E-state index >= 15 is 0 Å². The fraction of sp³-hybridized carbons (Fsp3) is 0.250. The zero-order chi connectivity index (χ0) is 15.0. The average molecular weight is 287 g/mol. The number of Topliss-reactive ketones (excluding diaryl/α,β-unsaturated/α-hetero) is 1. The number of carboxylic acids is 1. The summed E-state index contributed by atoms with van der Waals surface area (Å²) in [4.78, 5) is 23.8. The lowest BCUT2D eigenvalue weighted by Crippen LogP contribution is -2.30. The van der Waals surface area contributed by atoms with Gasteiger partial charge in [0.05, 0.1) is 11.3 Å². The van der Waals surface area contributed by atoms with Crippen LogP contribution in [0.1, 0.15) is 24.3 Å². The van der Waals surface area contributed by atoms with E-state index in [9.17, 15) is 19.1 Å². The van der Waals surface area contributed by atoms with Crippen molar-refractivity contribution in [3.63, 3.8) is 0 Å². The zero-order valence-corrected chi connectivity index (χ0v) is 11.2. The first-order valence-electron chi connectivity index (χ1n) is 6.74. The van der Waals surface area contributed by atoms with Gasteiger partial charge in [-0.25, -0.2) is 9.18 Å². The Hall–Kier alpha value is -2.43. The molecule has 0 unspecified atom stereocenters. The molecule has 0 bridgehead atoms. The van der Waals surface area contributed by atoms with Gasteiger partial charge >= 0.3 is 5.97 Å². The van der Waals surface area contributed by atoms with Crippen molar-refractivity contribution in [1.29, 1.82) is 0 Å². The van der Waals surface area contributed by atoms with Gasteiger partial charge in [-0.15, -0.1) is 0 Å². The summed E-state index contributed by atoms with van der Waals surface area (Å²) in [5, 5.41) is 12.3. The highest BCUT2D eigenvalue weighted by molar-refractivity contribution is 6.04. The minimum absolute atomic E-state index is 0.0461. The molecule has 21 heavy (non-hydrogen) atoms. The number of carbonyl (C=O) groups excluding carboxylic acids is 1. The van der Waals surface area contributed by atoms with Crippen LogP contribution in [0.25, 0.3) is 0 Å². The summed E-state index contributed by atoms with van der Waals surface area (Å²) in [7, 11) is 0. The van der Waals surface area contributed by atoms with Crippen molar-refractivity contribution in [2.45, 2.75) is 18.8 Å². The molecule has 2 aliphatic rings. The maximum Gasteiger partial charge on any atom is 0.334 e. The highest BCUT2D eigenvalue weighted by Crippen LogP contribution is 2.42. The Morgan fingerprint density at radius 3 is 2.62 bits per heavy atom. The number of dihydropyridines is 1. The van der Waals surface area contributed by atoms with E-state index < -0.39 is 18.6 Å². The van der Waals surface area contributed by atoms with Crippen molar-refractivity contribution in [2.75, 3.05) is 6.67 Å². The molecule has 1 aromatic rings. The van der Waals surface area contributed by atoms with Crippen molar-refractivity contribution in [1.82, 2.24) is 5.32 Å². The lowest BCUT2D eigenvalue weighted by atomic mass is 9.80. The van der Waals surface area contributed by atoms with E-state index in [1.54, 1.807) is 24.3 Å². The molecular weight excluding hydrogens is 273 g/mol. The standard InChI is InChI=1S/C16H14FNO3/c17-8-11-15(16(20)21)13(9-4-2-1-3-5-9)14-10(18-11)6-7-12(14)19/h1-5,13,18H,6-8H2,(H,20,21)/t13-/m1/s1. The maximum absolute atomic E-state index is 13.2. The first-order valence-corrected chi connectivity index (χ1v) is 6.74. The largest absolute Gasteiger partial charge is 0.478 e. The normalized spacial score (nSPS) is 21.4. The molecule has 1 heterocycles. The van der Waals surface area contributed by atoms with Gasteiger partial charge in [0.2, 0.25) is 0 Å². The van der Waals surface area contributed by atoms with Gasteiger partial charge in [-0.1, -0.05) is 30.3 Å². The Balaban J connectivity index is 2.20. The van der Waals surface area contributed by atoms with E-state index in [2.05, 4.69) is 5.32 Å². The van der Waals surface area contributed by atoms with Crippen LogP contribution in [0.3, 0.4) is 0 Å². The van der Waals surface area contributed by atoms with Gasteiger partial charge in [0.15, 0.2) is 5.78 Å². The predicted molar refractivity (Wildman–Crippen MR) is 74.2 cm³/mol. The fourth-order valence-corrected chi connectivity index (χ4v) is 3.05. The monoisotopic (exact) mass is 287 g/mol. The van der Waals surface area contributed by atoms with Crippen molar-refractivity contribution in [3.05, 3.63) is 58.4 Å². The molecular formula is C16H14FNO3. The van der Waals surface area contributed by atoms with Crippen LogP contribution in [-0.2, 0) is 9.59 Å². The minimum atomic E-state index is -1.20. The van der Waals surface area contributed by atoms with Gasteiger partial charge in [-0.2, -0.15) is 0 Å². The smallest absolute Gasteiger partial charge is 0.334 e. The number of carbonyl (C=O) groups is 2. The fourth-order valence-electron chi connectivity index (χ4n) is 3.05. The molecule has 0 radical (unpaired) electrons. The average Bonchev–Trinajstić information content (AvgIpc) is 2.87. The first-order chi connectivity index (χ1) is 10.1. The minimum Gasteiger partial charge on any atom is -0.478 e. The van der Waals surface area contributed by atoms with Gasteiger partial charge < -0.3 is 10.4 Å². The highest BCUT2D eigenvalue weighted by Gasteiger charge is 2.40. The number of nitrogens with one attached hydrogen (secondary N) is 1. The molecule has 1 atom stereocenters. The second-order valence-electron chi connectivity index (χ2n) is 5.12. The van der Waals surface area contributed by atoms with Gasteiger partial charge in [0.1, 0.15) is 6.67 Å². The number of ketones is 1. The molecule has 2 N–H and O–H groups in total. The Labute approximate surface area is 121 Å². The Morgan fingerprint density at radius 2 is 2.00 bits per heavy atom. The number of aliphatic carboxylic acids is 1. The molecule has 1 aromatic carbocycles. The number of benzene rings is 1. The SMILES string of the molecule is O=C(O)C1=C(CF)NC2=C(C(=O)CC2)[C@H]1c1ccccc1. The molecule has 0 saturated heterocycles. The van der Waals surface area contributed by atoms with E-state index in [-0.39, 0.29) is 17.1 Å². The number of alkyl halides is 1. The third kappa shape index (κ3) is 2.14. The topological polar surface area (TPSA) is 66.4 Å². The van der Waals surface area contributed by atoms with E-state index in [1.165, 1.54) is 0 Å². The van der Waals surface area contributed by atoms with E-state index in [4.69, 9.17) is 0 Å². The van der Waals surface area contributed by atoms with Crippen LogP contribution in [0.2, 0.25) is 0 Å². The summed E-state index contributed by atoms with van der Waals surface area (Å²) in [5.41, 5.74) is 1.80. The first kappa shape index (κ1) is 13.5. The van der Waals surface area contributed by atoms with Gasteiger partial charge in [-0.3, -0.25) is 4.79 Å². The van der Waals surface area contributed by atoms with Crippen molar-refractivity contribution >= 4 is 11.8 Å². The molecule has 3 rings (SSSR count). The summed E-state index contributed by atoms with van der Waals surface area (Å²) < 4.78 is 13.2. The molecule has 0 fully saturated rings. The number of rotatable bonds is 3. The summed E-state index contributed by atoms with van der Waals surface area (Å²) in [5.74, 6) is -1.96. The number of hydrogen-bond donors (Lipinski definition) is 2. The van der Waals surface area contributed by atoms with Crippen LogP contribution >= 0.6 is 0 Å². The third-order valence-electron chi connectivity index (χ3n) is 3.93. The predicted octanol–water partition coefficient (Wildman–Crippen LogP) is 2.30. The van der Waals surface area contributed by atoms with Gasteiger partial charge in [0.25, 0.3) is 0 Å². The number of carboxylic acid groups (broad SMARTS) is 1. The highest BCUT2D eigenvalue weighted by atomic mass is 19.1. The third-order valence-corrected chi connectivity index (χ3v) is 3.93. The molecule has 1 aliphatic carbocycles. The second-order valence-corrected chi connectivity index (χ2v) is 5.12. The lowest BCUT2D eigenvalue weighted by molar-refractivity contribution is -0.133. The Morgan fingerprint density at radius 1 is 1.29 bits per heavy atom.